The quantitative estimate of drug-likeness (QED) is 0.782. The highest BCUT2D eigenvalue weighted by Gasteiger charge is 2.30. The Labute approximate surface area is 119 Å². The molecule has 114 valence electrons. The van der Waals surface area contributed by atoms with Gasteiger partial charge in [-0.2, -0.15) is 0 Å². The lowest BCUT2D eigenvalue weighted by atomic mass is 9.95. The number of sulfonamides is 1. The maximum Gasteiger partial charge on any atom is 0.310 e. The fourth-order valence-corrected chi connectivity index (χ4v) is 2.72. The summed E-state index contributed by atoms with van der Waals surface area (Å²) in [5.74, 6) is -0.447. The van der Waals surface area contributed by atoms with E-state index in [9.17, 15) is 13.2 Å². The monoisotopic (exact) mass is 303 g/mol. The first-order valence-corrected chi connectivity index (χ1v) is 7.85. The lowest BCUT2D eigenvalue weighted by Gasteiger charge is -2.18. The molecule has 0 spiro atoms. The number of aryl methyl sites for hydroxylation is 2. The van der Waals surface area contributed by atoms with E-state index in [0.717, 1.165) is 6.42 Å². The van der Waals surface area contributed by atoms with Crippen molar-refractivity contribution in [1.29, 1.82) is 0 Å². The number of hydrogen-bond acceptors (Lipinski definition) is 4. The molecule has 2 N–H and O–H groups in total. The minimum atomic E-state index is -3.79. The van der Waals surface area contributed by atoms with Crippen LogP contribution in [-0.2, 0) is 21.4 Å². The first-order valence-electron chi connectivity index (χ1n) is 6.37. The van der Waals surface area contributed by atoms with Gasteiger partial charge in [0.1, 0.15) is 5.82 Å². The zero-order valence-corrected chi connectivity index (χ0v) is 13.0. The third kappa shape index (κ3) is 3.80. The van der Waals surface area contributed by atoms with Crippen LogP contribution in [0.3, 0.4) is 0 Å². The van der Waals surface area contributed by atoms with Gasteiger partial charge in [-0.1, -0.05) is 6.92 Å². The van der Waals surface area contributed by atoms with Crippen molar-refractivity contribution in [3.05, 3.63) is 12.0 Å². The summed E-state index contributed by atoms with van der Waals surface area (Å²) in [4.78, 5) is 15.0. The van der Waals surface area contributed by atoms with Crippen molar-refractivity contribution in [2.75, 3.05) is 6.54 Å². The molecule has 0 saturated carbocycles. The van der Waals surface area contributed by atoms with Crippen molar-refractivity contribution in [2.24, 2.45) is 5.41 Å². The van der Waals surface area contributed by atoms with Crippen molar-refractivity contribution in [1.82, 2.24) is 14.3 Å². The van der Waals surface area contributed by atoms with Gasteiger partial charge in [0.05, 0.1) is 5.41 Å². The van der Waals surface area contributed by atoms with Gasteiger partial charge in [-0.25, -0.2) is 18.1 Å². The molecule has 0 fully saturated rings. The molecule has 0 bridgehead atoms. The standard InChI is InChI=1S/C12H21N3O4S/c1-5-6-15-7-10(14-9(15)2)20(18,19)13-8-12(3,4)11(16)17/h7,13H,5-6,8H2,1-4H3,(H,16,17). The number of carboxylic acid groups (broad SMARTS) is 1. The van der Waals surface area contributed by atoms with Gasteiger partial charge in [0.15, 0.2) is 5.03 Å². The van der Waals surface area contributed by atoms with E-state index >= 15 is 0 Å². The third-order valence-corrected chi connectivity index (χ3v) is 4.25. The van der Waals surface area contributed by atoms with Crippen LogP contribution in [0, 0.1) is 12.3 Å². The van der Waals surface area contributed by atoms with Crippen molar-refractivity contribution in [3.8, 4) is 0 Å². The second-order valence-corrected chi connectivity index (χ2v) is 7.05. The number of hydrogen-bond donors (Lipinski definition) is 2. The van der Waals surface area contributed by atoms with E-state index in [-0.39, 0.29) is 11.6 Å². The maximum atomic E-state index is 12.1. The molecule has 0 aliphatic rings. The molecule has 1 aromatic rings. The van der Waals surface area contributed by atoms with Crippen LogP contribution >= 0.6 is 0 Å². The van der Waals surface area contributed by atoms with Crippen molar-refractivity contribution < 1.29 is 18.3 Å². The topological polar surface area (TPSA) is 101 Å². The van der Waals surface area contributed by atoms with Gasteiger partial charge < -0.3 is 9.67 Å². The van der Waals surface area contributed by atoms with E-state index in [1.807, 2.05) is 6.92 Å². The van der Waals surface area contributed by atoms with E-state index in [2.05, 4.69) is 9.71 Å². The Morgan fingerprint density at radius 1 is 1.50 bits per heavy atom. The molecular formula is C12H21N3O4S. The predicted octanol–water partition coefficient (Wildman–Crippen LogP) is 0.991. The van der Waals surface area contributed by atoms with Gasteiger partial charge in [-0.05, 0) is 27.2 Å². The average Bonchev–Trinajstić information content (AvgIpc) is 2.70. The first-order chi connectivity index (χ1) is 9.10. The second-order valence-electron chi connectivity index (χ2n) is 5.33. The van der Waals surface area contributed by atoms with Gasteiger partial charge in [0, 0.05) is 19.3 Å². The molecule has 20 heavy (non-hydrogen) atoms. The maximum absolute atomic E-state index is 12.1. The van der Waals surface area contributed by atoms with E-state index in [1.54, 1.807) is 11.5 Å². The van der Waals surface area contributed by atoms with Gasteiger partial charge in [-0.3, -0.25) is 4.79 Å². The Morgan fingerprint density at radius 2 is 2.10 bits per heavy atom. The zero-order chi connectivity index (χ0) is 15.6. The molecule has 1 heterocycles. The van der Waals surface area contributed by atoms with E-state index < -0.39 is 21.4 Å². The van der Waals surface area contributed by atoms with Crippen LogP contribution in [-0.4, -0.2) is 35.6 Å². The summed E-state index contributed by atoms with van der Waals surface area (Å²) < 4.78 is 28.2. The molecule has 8 heteroatoms. The zero-order valence-electron chi connectivity index (χ0n) is 12.2. The Hall–Kier alpha value is -1.41. The van der Waals surface area contributed by atoms with Gasteiger partial charge in [-0.15, -0.1) is 0 Å². The SMILES string of the molecule is CCCn1cc(S(=O)(=O)NCC(C)(C)C(=O)O)nc1C. The summed E-state index contributed by atoms with van der Waals surface area (Å²) in [5, 5.41) is 8.89. The summed E-state index contributed by atoms with van der Waals surface area (Å²) in [5.41, 5.74) is -1.17. The van der Waals surface area contributed by atoms with Crippen LogP contribution < -0.4 is 4.72 Å². The summed E-state index contributed by atoms with van der Waals surface area (Å²) >= 11 is 0. The van der Waals surface area contributed by atoms with Crippen LogP contribution in [0.2, 0.25) is 0 Å². The second kappa shape index (κ2) is 5.92. The molecular weight excluding hydrogens is 282 g/mol. The Bertz CT molecular complexity index is 590. The predicted molar refractivity (Wildman–Crippen MR) is 73.9 cm³/mol. The Balaban J connectivity index is 2.89. The van der Waals surface area contributed by atoms with Crippen LogP contribution in [0.25, 0.3) is 0 Å². The minimum Gasteiger partial charge on any atom is -0.481 e. The summed E-state index contributed by atoms with van der Waals surface area (Å²) in [6, 6.07) is 0. The van der Waals surface area contributed by atoms with Crippen LogP contribution in [0.5, 0.6) is 0 Å². The van der Waals surface area contributed by atoms with Gasteiger partial charge in [0.2, 0.25) is 0 Å². The highest BCUT2D eigenvalue weighted by molar-refractivity contribution is 7.89. The molecule has 0 radical (unpaired) electrons. The number of nitrogens with one attached hydrogen (secondary N) is 1. The normalized spacial score (nSPS) is 12.6. The molecule has 0 aromatic carbocycles. The first kappa shape index (κ1) is 16.6. The largest absolute Gasteiger partial charge is 0.481 e. The molecule has 0 unspecified atom stereocenters. The van der Waals surface area contributed by atoms with Crippen LogP contribution in [0.15, 0.2) is 11.2 Å². The van der Waals surface area contributed by atoms with Gasteiger partial charge in [0.25, 0.3) is 10.0 Å². The summed E-state index contributed by atoms with van der Waals surface area (Å²) in [7, 11) is -3.79. The van der Waals surface area contributed by atoms with E-state index in [4.69, 9.17) is 5.11 Å². The van der Waals surface area contributed by atoms with Crippen LogP contribution in [0.4, 0.5) is 0 Å². The molecule has 0 atom stereocenters. The van der Waals surface area contributed by atoms with Crippen molar-refractivity contribution >= 4 is 16.0 Å². The number of carbonyl (C=O) groups is 1. The number of carboxylic acids is 1. The number of nitrogens with zero attached hydrogens (tertiary/aromatic N) is 2. The molecule has 0 amide bonds. The van der Waals surface area contributed by atoms with E-state index in [0.29, 0.717) is 12.4 Å². The number of imidazole rings is 1. The lowest BCUT2D eigenvalue weighted by molar-refractivity contribution is -0.146. The Kier molecular flexibility index (Phi) is 4.93. The molecule has 1 rings (SSSR count). The third-order valence-electron chi connectivity index (χ3n) is 2.98. The van der Waals surface area contributed by atoms with Crippen molar-refractivity contribution in [3.63, 3.8) is 0 Å². The smallest absolute Gasteiger partial charge is 0.310 e. The summed E-state index contributed by atoms with van der Waals surface area (Å²) in [6.07, 6.45) is 2.34. The number of aliphatic carboxylic acids is 1. The highest BCUT2D eigenvalue weighted by atomic mass is 32.2. The number of rotatable bonds is 7. The summed E-state index contributed by atoms with van der Waals surface area (Å²) in [6.45, 7) is 7.13. The van der Waals surface area contributed by atoms with Crippen LogP contribution in [0.1, 0.15) is 33.0 Å². The average molecular weight is 303 g/mol. The fraction of sp³-hybridized carbons (Fsp3) is 0.667. The molecule has 1 aromatic heterocycles. The van der Waals surface area contributed by atoms with E-state index in [1.165, 1.54) is 20.0 Å². The minimum absolute atomic E-state index is 0.0790. The van der Waals surface area contributed by atoms with Crippen molar-refractivity contribution in [2.45, 2.75) is 45.7 Å². The molecule has 0 aliphatic heterocycles. The molecule has 0 saturated heterocycles. The molecule has 7 nitrogen and oxygen atoms in total. The molecule has 0 aliphatic carbocycles. The highest BCUT2D eigenvalue weighted by Crippen LogP contribution is 2.16. The Morgan fingerprint density at radius 3 is 2.60 bits per heavy atom. The lowest BCUT2D eigenvalue weighted by Crippen LogP contribution is -2.39. The fourth-order valence-electron chi connectivity index (χ4n) is 1.50. The van der Waals surface area contributed by atoms with Gasteiger partial charge >= 0.3 is 5.97 Å². The number of aromatic nitrogens is 2.